The van der Waals surface area contributed by atoms with Crippen LogP contribution >= 0.6 is 0 Å². The van der Waals surface area contributed by atoms with Crippen LogP contribution in [0, 0.1) is 5.41 Å². The third-order valence-electron chi connectivity index (χ3n) is 7.69. The second-order valence-corrected chi connectivity index (χ2v) is 12.2. The molecule has 1 aromatic rings. The van der Waals surface area contributed by atoms with E-state index in [1.165, 1.54) is 4.90 Å². The van der Waals surface area contributed by atoms with Gasteiger partial charge in [0.25, 0.3) is 5.78 Å². The Balaban J connectivity index is 1.44. The van der Waals surface area contributed by atoms with Crippen LogP contribution in [0.5, 0.6) is 0 Å². The number of ketones is 1. The van der Waals surface area contributed by atoms with Crippen LogP contribution in [-0.2, 0) is 35.0 Å². The molecule has 39 heavy (non-hydrogen) atoms. The molecule has 13 nitrogen and oxygen atoms in total. The van der Waals surface area contributed by atoms with Gasteiger partial charge < -0.3 is 26.0 Å². The Hall–Kier alpha value is -3.52. The van der Waals surface area contributed by atoms with Gasteiger partial charge in [0.05, 0.1) is 12.3 Å². The predicted molar refractivity (Wildman–Crippen MR) is 140 cm³/mol. The number of nitrogens with two attached hydrogens (primary N) is 1. The number of carbonyl (C=O) groups excluding carboxylic acids is 3. The van der Waals surface area contributed by atoms with Gasteiger partial charge in [-0.2, -0.15) is 4.31 Å². The number of fused-ring (bicyclic) bond motifs is 1. The van der Waals surface area contributed by atoms with Gasteiger partial charge in [0, 0.05) is 25.2 Å². The van der Waals surface area contributed by atoms with Crippen molar-refractivity contribution in [2.45, 2.75) is 68.4 Å². The lowest BCUT2D eigenvalue weighted by Gasteiger charge is -2.39. The summed E-state index contributed by atoms with van der Waals surface area (Å²) in [6, 6.07) is 5.46. The molecule has 0 aromatic heterocycles. The number of nitrogens with zero attached hydrogens (tertiary/aromatic N) is 3. The minimum atomic E-state index is -3.77. The molecule has 3 saturated heterocycles. The number of carbonyl (C=O) groups is 4. The van der Waals surface area contributed by atoms with Gasteiger partial charge in [0.1, 0.15) is 12.1 Å². The maximum atomic E-state index is 13.3. The van der Waals surface area contributed by atoms with Crippen molar-refractivity contribution in [1.29, 1.82) is 5.41 Å². The van der Waals surface area contributed by atoms with E-state index in [0.717, 1.165) is 17.1 Å². The summed E-state index contributed by atoms with van der Waals surface area (Å²) >= 11 is 0. The van der Waals surface area contributed by atoms with E-state index >= 15 is 0 Å². The number of piperazine rings is 1. The normalized spacial score (nSPS) is 24.6. The Labute approximate surface area is 226 Å². The fraction of sp³-hybridized carbons (Fsp3) is 0.560. The zero-order chi connectivity index (χ0) is 28.3. The van der Waals surface area contributed by atoms with Gasteiger partial charge in [0.15, 0.2) is 5.96 Å². The minimum absolute atomic E-state index is 0.0357. The molecule has 4 rings (SSSR count). The van der Waals surface area contributed by atoms with Crippen molar-refractivity contribution < 1.29 is 32.7 Å². The smallest absolute Gasteiger partial charge is 0.374 e. The van der Waals surface area contributed by atoms with Crippen LogP contribution in [0.3, 0.4) is 0 Å². The molecule has 14 heteroatoms. The molecule has 0 aliphatic carbocycles. The van der Waals surface area contributed by atoms with Crippen LogP contribution in [0.4, 0.5) is 0 Å². The number of aliphatic carboxylic acids is 1. The lowest BCUT2D eigenvalue weighted by molar-refractivity contribution is -0.151. The first-order valence-electron chi connectivity index (χ1n) is 13.0. The second kappa shape index (κ2) is 11.7. The van der Waals surface area contributed by atoms with E-state index in [-0.39, 0.29) is 37.1 Å². The fourth-order valence-corrected chi connectivity index (χ4v) is 7.30. The molecule has 212 valence electrons. The van der Waals surface area contributed by atoms with Crippen LogP contribution in [0.25, 0.3) is 0 Å². The summed E-state index contributed by atoms with van der Waals surface area (Å²) in [5.74, 6) is -4.47. The summed E-state index contributed by atoms with van der Waals surface area (Å²) in [6.45, 7) is 0.151. The molecule has 4 atom stereocenters. The molecular formula is C25H34N6O7S. The van der Waals surface area contributed by atoms with Gasteiger partial charge in [-0.25, -0.2) is 13.2 Å². The van der Waals surface area contributed by atoms with Crippen LogP contribution in [-0.4, -0.2) is 101 Å². The lowest BCUT2D eigenvalue weighted by atomic mass is 9.94. The van der Waals surface area contributed by atoms with Crippen molar-refractivity contribution >= 4 is 39.5 Å². The highest BCUT2D eigenvalue weighted by molar-refractivity contribution is 7.88. The van der Waals surface area contributed by atoms with E-state index in [1.54, 1.807) is 35.2 Å². The Kier molecular flexibility index (Phi) is 8.54. The maximum Gasteiger partial charge on any atom is 0.374 e. The number of rotatable bonds is 9. The number of guanidine groups is 1. The molecule has 0 radical (unpaired) electrons. The fourth-order valence-electron chi connectivity index (χ4n) is 5.80. The number of hydrogen-bond acceptors (Lipinski definition) is 7. The van der Waals surface area contributed by atoms with Crippen molar-refractivity contribution in [2.24, 2.45) is 5.73 Å². The van der Waals surface area contributed by atoms with Crippen molar-refractivity contribution in [3.63, 3.8) is 0 Å². The largest absolute Gasteiger partial charge is 0.475 e. The Morgan fingerprint density at radius 2 is 1.85 bits per heavy atom. The van der Waals surface area contributed by atoms with Crippen molar-refractivity contribution in [3.8, 4) is 0 Å². The molecule has 3 fully saturated rings. The van der Waals surface area contributed by atoms with Crippen LogP contribution in [0.2, 0.25) is 0 Å². The number of piperidine rings is 1. The summed E-state index contributed by atoms with van der Waals surface area (Å²) in [5.41, 5.74) is 6.28. The Morgan fingerprint density at radius 3 is 2.51 bits per heavy atom. The Bertz CT molecular complexity index is 1240. The SMILES string of the molecule is N=C(N)N1CCCC[C@H]1CC(NC(=O)[C@@H]1CC[C@H]2CN(S(=O)(=O)Cc3ccccc3)CC(=O)N21)C(=O)C(=O)O. The molecule has 1 aromatic carbocycles. The lowest BCUT2D eigenvalue weighted by Crippen LogP contribution is -2.61. The summed E-state index contributed by atoms with van der Waals surface area (Å²) in [5, 5.41) is 19.7. The minimum Gasteiger partial charge on any atom is -0.475 e. The summed E-state index contributed by atoms with van der Waals surface area (Å²) in [6.07, 6.45) is 2.81. The Morgan fingerprint density at radius 1 is 1.13 bits per heavy atom. The van der Waals surface area contributed by atoms with E-state index in [4.69, 9.17) is 11.1 Å². The molecule has 2 amide bonds. The van der Waals surface area contributed by atoms with E-state index in [9.17, 15) is 32.7 Å². The van der Waals surface area contributed by atoms with E-state index in [0.29, 0.717) is 24.9 Å². The molecule has 1 unspecified atom stereocenters. The number of carboxylic acids is 1. The van der Waals surface area contributed by atoms with Gasteiger partial charge in [-0.05, 0) is 44.1 Å². The molecule has 0 saturated carbocycles. The standard InChI is InChI=1S/C25H34N6O7S/c26-25(27)30-11-5-4-8-17(30)12-19(22(33)24(35)36)28-23(34)20-10-9-18-13-29(14-21(32)31(18)20)39(37,38)15-16-6-2-1-3-7-16/h1-3,6-7,17-20H,4-5,8-15H2,(H3,26,27)(H,28,34)(H,35,36)/t17-,18-,19?,20-/m0/s1. The highest BCUT2D eigenvalue weighted by Crippen LogP contribution is 2.30. The van der Waals surface area contributed by atoms with Crippen LogP contribution in [0.15, 0.2) is 30.3 Å². The van der Waals surface area contributed by atoms with Gasteiger partial charge in [0.2, 0.25) is 21.8 Å². The van der Waals surface area contributed by atoms with Gasteiger partial charge in [-0.1, -0.05) is 30.3 Å². The number of likely N-dealkylation sites (tertiary alicyclic amines) is 1. The molecule has 0 bridgehead atoms. The molecule has 0 spiro atoms. The molecule has 3 heterocycles. The topological polar surface area (TPSA) is 194 Å². The summed E-state index contributed by atoms with van der Waals surface area (Å²) in [4.78, 5) is 53.4. The van der Waals surface area contributed by atoms with Crippen LogP contribution in [0.1, 0.15) is 44.1 Å². The van der Waals surface area contributed by atoms with Crippen molar-refractivity contribution in [3.05, 3.63) is 35.9 Å². The van der Waals surface area contributed by atoms with E-state index in [2.05, 4.69) is 5.32 Å². The third-order valence-corrected chi connectivity index (χ3v) is 9.46. The van der Waals surface area contributed by atoms with E-state index < -0.39 is 58.3 Å². The highest BCUT2D eigenvalue weighted by Gasteiger charge is 2.47. The number of amides is 2. The number of sulfonamides is 1. The van der Waals surface area contributed by atoms with Crippen molar-refractivity contribution in [2.75, 3.05) is 19.6 Å². The molecule has 5 N–H and O–H groups in total. The number of carboxylic acid groups (broad SMARTS) is 1. The van der Waals surface area contributed by atoms with Crippen LogP contribution < -0.4 is 11.1 Å². The maximum absolute atomic E-state index is 13.3. The zero-order valence-electron chi connectivity index (χ0n) is 21.5. The number of hydrogen-bond donors (Lipinski definition) is 4. The first kappa shape index (κ1) is 28.5. The third kappa shape index (κ3) is 6.38. The molecule has 3 aliphatic heterocycles. The average Bonchev–Trinajstić information content (AvgIpc) is 3.33. The second-order valence-electron chi connectivity index (χ2n) is 10.3. The number of nitrogens with one attached hydrogen (secondary N) is 2. The van der Waals surface area contributed by atoms with Gasteiger partial charge in [-0.15, -0.1) is 0 Å². The predicted octanol–water partition coefficient (Wildman–Crippen LogP) is -0.532. The highest BCUT2D eigenvalue weighted by atomic mass is 32.2. The zero-order valence-corrected chi connectivity index (χ0v) is 22.3. The number of Topliss-reactive ketones (excluding diaryl/α,β-unsaturated/α-hetero) is 1. The quantitative estimate of drug-likeness (QED) is 0.174. The van der Waals surface area contributed by atoms with Crippen molar-refractivity contribution in [1.82, 2.24) is 19.4 Å². The molecule has 3 aliphatic rings. The monoisotopic (exact) mass is 562 g/mol. The first-order valence-corrected chi connectivity index (χ1v) is 14.6. The van der Waals surface area contributed by atoms with Gasteiger partial charge in [-0.3, -0.25) is 19.8 Å². The number of benzene rings is 1. The summed E-state index contributed by atoms with van der Waals surface area (Å²) in [7, 11) is -3.77. The van der Waals surface area contributed by atoms with E-state index in [1.807, 2.05) is 0 Å². The average molecular weight is 563 g/mol. The van der Waals surface area contributed by atoms with Gasteiger partial charge >= 0.3 is 5.97 Å². The molecular weight excluding hydrogens is 528 g/mol. The summed E-state index contributed by atoms with van der Waals surface area (Å²) < 4.78 is 27.2. The first-order chi connectivity index (χ1) is 18.5.